The summed E-state index contributed by atoms with van der Waals surface area (Å²) in [6.45, 7) is 6.40. The van der Waals surface area contributed by atoms with Crippen molar-refractivity contribution in [2.24, 2.45) is 0 Å². The minimum atomic E-state index is -0.0495. The lowest BCUT2D eigenvalue weighted by atomic mass is 10.1. The number of carbonyl (C=O) groups is 1. The molecule has 0 bridgehead atoms. The molecule has 0 aliphatic heterocycles. The summed E-state index contributed by atoms with van der Waals surface area (Å²) >= 11 is 0. The molecule has 1 aromatic heterocycles. The van der Waals surface area contributed by atoms with E-state index in [1.807, 2.05) is 81.4 Å². The van der Waals surface area contributed by atoms with Crippen LogP contribution in [0.2, 0.25) is 0 Å². The van der Waals surface area contributed by atoms with Crippen LogP contribution in [0.4, 0.5) is 0 Å². The van der Waals surface area contributed by atoms with E-state index in [4.69, 9.17) is 9.47 Å². The van der Waals surface area contributed by atoms with Gasteiger partial charge in [-0.3, -0.25) is 4.79 Å². The fourth-order valence-corrected chi connectivity index (χ4v) is 3.08. The van der Waals surface area contributed by atoms with Gasteiger partial charge in [-0.1, -0.05) is 30.3 Å². The molecule has 0 amide bonds. The van der Waals surface area contributed by atoms with E-state index in [1.165, 1.54) is 0 Å². The number of hydrogen-bond acceptors (Lipinski definition) is 3. The number of para-hydroxylation sites is 3. The normalized spacial score (nSPS) is 10.6. The summed E-state index contributed by atoms with van der Waals surface area (Å²) < 4.78 is 13.4. The number of carbonyl (C=O) groups excluding carboxylic acids is 1. The Morgan fingerprint density at radius 2 is 1.54 bits per heavy atom. The molecule has 4 nitrogen and oxygen atoms in total. The number of Topliss-reactive ketones (excluding diaryl/α,β-unsaturated/α-hetero) is 1. The van der Waals surface area contributed by atoms with E-state index >= 15 is 0 Å². The van der Waals surface area contributed by atoms with Crippen LogP contribution < -0.4 is 9.47 Å². The fraction of sp³-hybridized carbons (Fsp3) is 0.227. The van der Waals surface area contributed by atoms with Gasteiger partial charge in [-0.15, -0.1) is 0 Å². The van der Waals surface area contributed by atoms with E-state index in [9.17, 15) is 4.79 Å². The molecule has 2 aromatic carbocycles. The first-order valence-electron chi connectivity index (χ1n) is 8.74. The van der Waals surface area contributed by atoms with Gasteiger partial charge in [0, 0.05) is 22.6 Å². The van der Waals surface area contributed by atoms with Crippen LogP contribution in [0, 0.1) is 13.8 Å². The molecular formula is C22H23NO3. The standard InChI is InChI=1S/C22H23NO3/c1-4-25-21-12-8-9-13-22(21)26-15-20(24)19-14-16(2)23(17(19)3)18-10-6-5-7-11-18/h5-14H,4,15H2,1-3H3. The Balaban J connectivity index is 1.79. The van der Waals surface area contributed by atoms with Crippen LogP contribution in [0.1, 0.15) is 28.7 Å². The zero-order valence-corrected chi connectivity index (χ0v) is 15.4. The molecule has 3 rings (SSSR count). The number of ketones is 1. The maximum Gasteiger partial charge on any atom is 0.202 e. The molecule has 0 aliphatic rings. The van der Waals surface area contributed by atoms with Crippen LogP contribution in [0.15, 0.2) is 60.7 Å². The lowest BCUT2D eigenvalue weighted by Gasteiger charge is -2.11. The van der Waals surface area contributed by atoms with Gasteiger partial charge in [0.05, 0.1) is 6.61 Å². The Kier molecular flexibility index (Phi) is 5.42. The zero-order chi connectivity index (χ0) is 18.5. The molecule has 0 spiro atoms. The highest BCUT2D eigenvalue weighted by Gasteiger charge is 2.17. The average Bonchev–Trinajstić information content (AvgIpc) is 2.96. The smallest absolute Gasteiger partial charge is 0.202 e. The number of aromatic nitrogens is 1. The van der Waals surface area contributed by atoms with Crippen molar-refractivity contribution in [3.63, 3.8) is 0 Å². The largest absolute Gasteiger partial charge is 0.490 e. The molecule has 0 aliphatic carbocycles. The van der Waals surface area contributed by atoms with Gasteiger partial charge in [-0.05, 0) is 51.1 Å². The second-order valence-corrected chi connectivity index (χ2v) is 6.05. The van der Waals surface area contributed by atoms with E-state index in [1.54, 1.807) is 0 Å². The van der Waals surface area contributed by atoms with Crippen molar-refractivity contribution >= 4 is 5.78 Å². The quantitative estimate of drug-likeness (QED) is 0.578. The van der Waals surface area contributed by atoms with Crippen LogP contribution in [0.3, 0.4) is 0 Å². The van der Waals surface area contributed by atoms with E-state index < -0.39 is 0 Å². The Morgan fingerprint density at radius 1 is 0.923 bits per heavy atom. The predicted octanol–water partition coefficient (Wildman–Crippen LogP) is 4.75. The van der Waals surface area contributed by atoms with Crippen molar-refractivity contribution in [3.8, 4) is 17.2 Å². The van der Waals surface area contributed by atoms with Crippen LogP contribution in [0.25, 0.3) is 5.69 Å². The maximum absolute atomic E-state index is 12.7. The molecule has 0 radical (unpaired) electrons. The first-order valence-corrected chi connectivity index (χ1v) is 8.74. The number of ether oxygens (including phenoxy) is 2. The van der Waals surface area contributed by atoms with Crippen molar-refractivity contribution in [2.75, 3.05) is 13.2 Å². The summed E-state index contributed by atoms with van der Waals surface area (Å²) in [5, 5.41) is 0. The maximum atomic E-state index is 12.7. The lowest BCUT2D eigenvalue weighted by Crippen LogP contribution is -2.13. The molecule has 0 unspecified atom stereocenters. The Morgan fingerprint density at radius 3 is 2.19 bits per heavy atom. The summed E-state index contributed by atoms with van der Waals surface area (Å²) in [4.78, 5) is 12.7. The first-order chi connectivity index (χ1) is 12.6. The topological polar surface area (TPSA) is 40.5 Å². The highest BCUT2D eigenvalue weighted by molar-refractivity contribution is 5.98. The summed E-state index contributed by atoms with van der Waals surface area (Å²) in [6.07, 6.45) is 0. The van der Waals surface area contributed by atoms with E-state index in [-0.39, 0.29) is 12.4 Å². The third kappa shape index (κ3) is 3.64. The zero-order valence-electron chi connectivity index (χ0n) is 15.4. The van der Waals surface area contributed by atoms with Crippen LogP contribution in [-0.4, -0.2) is 23.6 Å². The number of rotatable bonds is 7. The van der Waals surface area contributed by atoms with Crippen molar-refractivity contribution in [2.45, 2.75) is 20.8 Å². The van der Waals surface area contributed by atoms with Gasteiger partial charge in [-0.2, -0.15) is 0 Å². The minimum Gasteiger partial charge on any atom is -0.490 e. The second-order valence-electron chi connectivity index (χ2n) is 6.05. The predicted molar refractivity (Wildman–Crippen MR) is 103 cm³/mol. The van der Waals surface area contributed by atoms with Gasteiger partial charge in [0.15, 0.2) is 18.1 Å². The third-order valence-electron chi connectivity index (χ3n) is 4.25. The molecule has 26 heavy (non-hydrogen) atoms. The van der Waals surface area contributed by atoms with Crippen molar-refractivity contribution in [1.29, 1.82) is 0 Å². The van der Waals surface area contributed by atoms with Gasteiger partial charge in [0.25, 0.3) is 0 Å². The van der Waals surface area contributed by atoms with E-state index in [0.29, 0.717) is 23.7 Å². The van der Waals surface area contributed by atoms with Gasteiger partial charge in [-0.25, -0.2) is 0 Å². The minimum absolute atomic E-state index is 0.0246. The Hall–Kier alpha value is -3.01. The molecule has 0 saturated heterocycles. The molecule has 0 saturated carbocycles. The van der Waals surface area contributed by atoms with Gasteiger partial charge < -0.3 is 14.0 Å². The number of aryl methyl sites for hydroxylation is 1. The van der Waals surface area contributed by atoms with Crippen LogP contribution in [-0.2, 0) is 0 Å². The second kappa shape index (κ2) is 7.91. The summed E-state index contributed by atoms with van der Waals surface area (Å²) in [5.41, 5.74) is 3.66. The summed E-state index contributed by atoms with van der Waals surface area (Å²) in [7, 11) is 0. The molecule has 0 N–H and O–H groups in total. The van der Waals surface area contributed by atoms with Crippen LogP contribution >= 0.6 is 0 Å². The fourth-order valence-electron chi connectivity index (χ4n) is 3.08. The van der Waals surface area contributed by atoms with E-state index in [2.05, 4.69) is 4.57 Å². The molecule has 3 aromatic rings. The number of nitrogens with zero attached hydrogens (tertiary/aromatic N) is 1. The lowest BCUT2D eigenvalue weighted by molar-refractivity contribution is 0.0918. The molecule has 4 heteroatoms. The highest BCUT2D eigenvalue weighted by Crippen LogP contribution is 2.27. The average molecular weight is 349 g/mol. The molecule has 1 heterocycles. The number of benzene rings is 2. The van der Waals surface area contributed by atoms with Gasteiger partial charge in [0.1, 0.15) is 0 Å². The highest BCUT2D eigenvalue weighted by atomic mass is 16.5. The van der Waals surface area contributed by atoms with Crippen molar-refractivity contribution < 1.29 is 14.3 Å². The molecule has 134 valence electrons. The van der Waals surface area contributed by atoms with Crippen molar-refractivity contribution in [1.82, 2.24) is 4.57 Å². The monoisotopic (exact) mass is 349 g/mol. The Labute approximate surface area is 154 Å². The SMILES string of the molecule is CCOc1ccccc1OCC(=O)c1cc(C)n(-c2ccccc2)c1C. The van der Waals surface area contributed by atoms with E-state index in [0.717, 1.165) is 17.1 Å². The Bertz CT molecular complexity index is 897. The number of hydrogen-bond donors (Lipinski definition) is 0. The van der Waals surface area contributed by atoms with Gasteiger partial charge >= 0.3 is 0 Å². The molecule has 0 fully saturated rings. The van der Waals surface area contributed by atoms with Crippen molar-refractivity contribution in [3.05, 3.63) is 77.6 Å². The summed E-state index contributed by atoms with van der Waals surface area (Å²) in [6, 6.07) is 19.3. The molecule has 0 atom stereocenters. The van der Waals surface area contributed by atoms with Gasteiger partial charge in [0.2, 0.25) is 5.78 Å². The third-order valence-corrected chi connectivity index (χ3v) is 4.25. The van der Waals surface area contributed by atoms with Crippen LogP contribution in [0.5, 0.6) is 11.5 Å². The first kappa shape index (κ1) is 17.8. The summed E-state index contributed by atoms with van der Waals surface area (Å²) in [5.74, 6) is 1.18. The molecular weight excluding hydrogens is 326 g/mol.